The molecule has 0 fully saturated rings. The third kappa shape index (κ3) is 3.61. The van der Waals surface area contributed by atoms with Crippen LogP contribution in [0.5, 0.6) is 11.5 Å². The van der Waals surface area contributed by atoms with Crippen molar-refractivity contribution >= 4 is 0 Å². The number of ether oxygens (including phenoxy) is 1. The average molecular weight is 287 g/mol. The molecule has 0 radical (unpaired) electrons. The smallest absolute Gasteiger partial charge is 0.135 e. The molecule has 112 valence electrons. The normalized spacial score (nSPS) is 12.2. The van der Waals surface area contributed by atoms with Crippen molar-refractivity contribution < 1.29 is 9.13 Å². The maximum Gasteiger partial charge on any atom is 0.135 e. The zero-order chi connectivity index (χ0) is 15.4. The summed E-state index contributed by atoms with van der Waals surface area (Å²) < 4.78 is 20.2. The maximum atomic E-state index is 14.2. The van der Waals surface area contributed by atoms with Gasteiger partial charge in [0, 0.05) is 11.6 Å². The van der Waals surface area contributed by atoms with Gasteiger partial charge in [-0.15, -0.1) is 0 Å². The van der Waals surface area contributed by atoms with Crippen LogP contribution in [0.3, 0.4) is 0 Å². The second-order valence-electron chi connectivity index (χ2n) is 5.30. The summed E-state index contributed by atoms with van der Waals surface area (Å²) in [5, 5.41) is 3.23. The van der Waals surface area contributed by atoms with Gasteiger partial charge in [-0.2, -0.15) is 0 Å². The van der Waals surface area contributed by atoms with E-state index in [4.69, 9.17) is 4.74 Å². The molecule has 0 saturated heterocycles. The molecule has 1 atom stereocenters. The van der Waals surface area contributed by atoms with E-state index in [1.54, 1.807) is 6.07 Å². The molecule has 2 rings (SSSR count). The van der Waals surface area contributed by atoms with Gasteiger partial charge in [0.1, 0.15) is 17.3 Å². The molecular weight excluding hydrogens is 265 g/mol. The van der Waals surface area contributed by atoms with E-state index < -0.39 is 0 Å². The van der Waals surface area contributed by atoms with Crippen LogP contribution in [-0.2, 0) is 0 Å². The Morgan fingerprint density at radius 1 is 1.14 bits per heavy atom. The van der Waals surface area contributed by atoms with Crippen molar-refractivity contribution in [2.45, 2.75) is 33.7 Å². The van der Waals surface area contributed by atoms with E-state index in [1.807, 2.05) is 52.0 Å². The molecule has 2 aromatic carbocycles. The third-order valence-corrected chi connectivity index (χ3v) is 3.52. The number of halogens is 1. The molecule has 1 unspecified atom stereocenters. The van der Waals surface area contributed by atoms with Crippen LogP contribution in [-0.4, -0.2) is 6.54 Å². The van der Waals surface area contributed by atoms with Crippen LogP contribution in [0.1, 0.15) is 36.6 Å². The van der Waals surface area contributed by atoms with Crippen LogP contribution < -0.4 is 10.1 Å². The van der Waals surface area contributed by atoms with E-state index in [9.17, 15) is 4.39 Å². The Kier molecular flexibility index (Phi) is 4.97. The van der Waals surface area contributed by atoms with E-state index in [1.165, 1.54) is 6.07 Å². The molecule has 2 nitrogen and oxygen atoms in total. The van der Waals surface area contributed by atoms with Crippen molar-refractivity contribution in [2.75, 3.05) is 6.54 Å². The Morgan fingerprint density at radius 3 is 2.62 bits per heavy atom. The van der Waals surface area contributed by atoms with Crippen LogP contribution in [0, 0.1) is 19.7 Å². The zero-order valence-electron chi connectivity index (χ0n) is 13.0. The van der Waals surface area contributed by atoms with Gasteiger partial charge in [0.15, 0.2) is 0 Å². The lowest BCUT2D eigenvalue weighted by Crippen LogP contribution is -2.19. The highest BCUT2D eigenvalue weighted by molar-refractivity contribution is 5.44. The van der Waals surface area contributed by atoms with Gasteiger partial charge in [-0.1, -0.05) is 25.1 Å². The number of nitrogens with one attached hydrogen (secondary N) is 1. The SMILES string of the molecule is CCNC(C)c1c(F)cccc1Oc1cc(C)ccc1C. The van der Waals surface area contributed by atoms with Crippen molar-refractivity contribution in [3.05, 3.63) is 58.9 Å². The summed E-state index contributed by atoms with van der Waals surface area (Å²) >= 11 is 0. The molecule has 3 heteroatoms. The third-order valence-electron chi connectivity index (χ3n) is 3.52. The minimum Gasteiger partial charge on any atom is -0.457 e. The second-order valence-corrected chi connectivity index (χ2v) is 5.30. The molecule has 0 aliphatic heterocycles. The Balaban J connectivity index is 2.40. The standard InChI is InChI=1S/C18H22FNO/c1-5-20-14(4)18-15(19)7-6-8-16(18)21-17-11-12(2)9-10-13(17)3/h6-11,14,20H,5H2,1-4H3. The van der Waals surface area contributed by atoms with Crippen molar-refractivity contribution in [1.82, 2.24) is 5.32 Å². The first-order valence-electron chi connectivity index (χ1n) is 7.29. The molecule has 0 saturated carbocycles. The number of hydrogen-bond donors (Lipinski definition) is 1. The van der Waals surface area contributed by atoms with Gasteiger partial charge in [-0.05, 0) is 56.6 Å². The largest absolute Gasteiger partial charge is 0.457 e. The van der Waals surface area contributed by atoms with Gasteiger partial charge >= 0.3 is 0 Å². The van der Waals surface area contributed by atoms with E-state index in [-0.39, 0.29) is 11.9 Å². The number of hydrogen-bond acceptors (Lipinski definition) is 2. The number of benzene rings is 2. The van der Waals surface area contributed by atoms with Crippen LogP contribution in [0.2, 0.25) is 0 Å². The molecular formula is C18H22FNO. The van der Waals surface area contributed by atoms with E-state index in [2.05, 4.69) is 5.32 Å². The van der Waals surface area contributed by atoms with Gasteiger partial charge in [0.2, 0.25) is 0 Å². The molecule has 0 amide bonds. The van der Waals surface area contributed by atoms with E-state index in [0.29, 0.717) is 11.3 Å². The van der Waals surface area contributed by atoms with Crippen molar-refractivity contribution in [3.63, 3.8) is 0 Å². The minimum absolute atomic E-state index is 0.101. The number of rotatable bonds is 5. The number of aryl methyl sites for hydroxylation is 2. The highest BCUT2D eigenvalue weighted by Crippen LogP contribution is 2.33. The lowest BCUT2D eigenvalue weighted by atomic mass is 10.1. The molecule has 0 bridgehead atoms. The van der Waals surface area contributed by atoms with Gasteiger partial charge in [-0.3, -0.25) is 0 Å². The average Bonchev–Trinajstić information content (AvgIpc) is 2.43. The molecule has 0 aromatic heterocycles. The monoisotopic (exact) mass is 287 g/mol. The first kappa shape index (κ1) is 15.5. The maximum absolute atomic E-state index is 14.2. The Bertz CT molecular complexity index is 625. The highest BCUT2D eigenvalue weighted by atomic mass is 19.1. The highest BCUT2D eigenvalue weighted by Gasteiger charge is 2.17. The van der Waals surface area contributed by atoms with Gasteiger partial charge in [-0.25, -0.2) is 4.39 Å². The van der Waals surface area contributed by atoms with Gasteiger partial charge in [0.25, 0.3) is 0 Å². The van der Waals surface area contributed by atoms with Crippen LogP contribution in [0.25, 0.3) is 0 Å². The van der Waals surface area contributed by atoms with E-state index >= 15 is 0 Å². The Morgan fingerprint density at radius 2 is 1.90 bits per heavy atom. The molecule has 0 aliphatic carbocycles. The quantitative estimate of drug-likeness (QED) is 0.844. The molecule has 21 heavy (non-hydrogen) atoms. The fourth-order valence-electron chi connectivity index (χ4n) is 2.37. The van der Waals surface area contributed by atoms with Crippen molar-refractivity contribution in [3.8, 4) is 11.5 Å². The molecule has 0 spiro atoms. The first-order valence-corrected chi connectivity index (χ1v) is 7.29. The topological polar surface area (TPSA) is 21.3 Å². The molecule has 1 N–H and O–H groups in total. The van der Waals surface area contributed by atoms with Gasteiger partial charge < -0.3 is 10.1 Å². The molecule has 2 aromatic rings. The lowest BCUT2D eigenvalue weighted by Gasteiger charge is -2.19. The minimum atomic E-state index is -0.244. The fraction of sp³-hybridized carbons (Fsp3) is 0.333. The Hall–Kier alpha value is -1.87. The molecule has 0 heterocycles. The second kappa shape index (κ2) is 6.72. The Labute approximate surface area is 126 Å². The summed E-state index contributed by atoms with van der Waals surface area (Å²) in [7, 11) is 0. The van der Waals surface area contributed by atoms with Gasteiger partial charge in [0.05, 0.1) is 0 Å². The lowest BCUT2D eigenvalue weighted by molar-refractivity contribution is 0.445. The molecule has 0 aliphatic rings. The summed E-state index contributed by atoms with van der Waals surface area (Å²) in [5.41, 5.74) is 2.72. The van der Waals surface area contributed by atoms with Crippen LogP contribution in [0.15, 0.2) is 36.4 Å². The summed E-state index contributed by atoms with van der Waals surface area (Å²) in [4.78, 5) is 0. The van der Waals surface area contributed by atoms with Crippen LogP contribution >= 0.6 is 0 Å². The summed E-state index contributed by atoms with van der Waals surface area (Å²) in [6.07, 6.45) is 0. The zero-order valence-corrected chi connectivity index (χ0v) is 13.0. The predicted octanol–water partition coefficient (Wildman–Crippen LogP) is 4.91. The van der Waals surface area contributed by atoms with E-state index in [0.717, 1.165) is 23.4 Å². The fourth-order valence-corrected chi connectivity index (χ4v) is 2.37. The summed E-state index contributed by atoms with van der Waals surface area (Å²) in [6, 6.07) is 10.9. The summed E-state index contributed by atoms with van der Waals surface area (Å²) in [6.45, 7) is 8.72. The summed E-state index contributed by atoms with van der Waals surface area (Å²) in [5.74, 6) is 1.09. The van der Waals surface area contributed by atoms with Crippen LogP contribution in [0.4, 0.5) is 4.39 Å². The van der Waals surface area contributed by atoms with Crippen molar-refractivity contribution in [2.24, 2.45) is 0 Å². The van der Waals surface area contributed by atoms with Crippen molar-refractivity contribution in [1.29, 1.82) is 0 Å². The first-order chi connectivity index (χ1) is 10.0. The predicted molar refractivity (Wildman–Crippen MR) is 84.5 cm³/mol.